The van der Waals surface area contributed by atoms with Crippen molar-refractivity contribution < 1.29 is 23.5 Å². The number of hydrogen-bond donors (Lipinski definition) is 2. The van der Waals surface area contributed by atoms with Crippen molar-refractivity contribution in [1.82, 2.24) is 5.32 Å². The third-order valence-electron chi connectivity index (χ3n) is 2.78. The third-order valence-corrected chi connectivity index (χ3v) is 2.78. The standard InChI is InChI=1S/C14H17F2NO3/c1-14(2,3)12(13(19)20)17-11(18)6-8-4-5-9(15)7-10(8)16/h4-5,7,12H,6H2,1-3H3,(H,17,18)(H,19,20)/t12-/m0/s1. The molecule has 1 aromatic carbocycles. The zero-order valence-corrected chi connectivity index (χ0v) is 11.5. The van der Waals surface area contributed by atoms with E-state index in [0.717, 1.165) is 12.1 Å². The summed E-state index contributed by atoms with van der Waals surface area (Å²) in [5.41, 5.74) is -0.662. The lowest BCUT2D eigenvalue weighted by Gasteiger charge is -2.27. The van der Waals surface area contributed by atoms with E-state index in [0.29, 0.717) is 6.07 Å². The van der Waals surface area contributed by atoms with Gasteiger partial charge in [-0.25, -0.2) is 13.6 Å². The predicted octanol–water partition coefficient (Wildman–Crippen LogP) is 2.12. The smallest absolute Gasteiger partial charge is 0.326 e. The zero-order chi connectivity index (χ0) is 15.5. The lowest BCUT2D eigenvalue weighted by molar-refractivity contribution is -0.144. The molecule has 20 heavy (non-hydrogen) atoms. The fraction of sp³-hybridized carbons (Fsp3) is 0.429. The van der Waals surface area contributed by atoms with Crippen LogP contribution in [-0.4, -0.2) is 23.0 Å². The van der Waals surface area contributed by atoms with Gasteiger partial charge in [-0.05, 0) is 17.0 Å². The van der Waals surface area contributed by atoms with Gasteiger partial charge in [-0.15, -0.1) is 0 Å². The first-order valence-electron chi connectivity index (χ1n) is 6.07. The van der Waals surface area contributed by atoms with Crippen molar-refractivity contribution in [2.75, 3.05) is 0 Å². The van der Waals surface area contributed by atoms with Gasteiger partial charge < -0.3 is 10.4 Å². The average Bonchev–Trinajstić information content (AvgIpc) is 2.28. The number of amides is 1. The Kier molecular flexibility index (Phi) is 4.81. The van der Waals surface area contributed by atoms with E-state index < -0.39 is 35.0 Å². The van der Waals surface area contributed by atoms with Gasteiger partial charge in [-0.3, -0.25) is 4.79 Å². The maximum Gasteiger partial charge on any atom is 0.326 e. The van der Waals surface area contributed by atoms with E-state index in [9.17, 15) is 18.4 Å². The molecule has 0 fully saturated rings. The molecule has 1 atom stereocenters. The lowest BCUT2D eigenvalue weighted by Crippen LogP contribution is -2.49. The van der Waals surface area contributed by atoms with Crippen molar-refractivity contribution in [3.05, 3.63) is 35.4 Å². The molecule has 2 N–H and O–H groups in total. The number of rotatable bonds is 4. The van der Waals surface area contributed by atoms with Crippen molar-refractivity contribution in [2.24, 2.45) is 5.41 Å². The van der Waals surface area contributed by atoms with Crippen LogP contribution in [0.15, 0.2) is 18.2 Å². The monoisotopic (exact) mass is 285 g/mol. The van der Waals surface area contributed by atoms with E-state index in [1.165, 1.54) is 0 Å². The van der Waals surface area contributed by atoms with Crippen LogP contribution in [0.25, 0.3) is 0 Å². The van der Waals surface area contributed by atoms with E-state index in [1.54, 1.807) is 20.8 Å². The summed E-state index contributed by atoms with van der Waals surface area (Å²) in [6.07, 6.45) is -0.341. The molecule has 0 saturated carbocycles. The van der Waals surface area contributed by atoms with Gasteiger partial charge in [-0.2, -0.15) is 0 Å². The summed E-state index contributed by atoms with van der Waals surface area (Å²) in [7, 11) is 0. The number of halogens is 2. The van der Waals surface area contributed by atoms with E-state index in [4.69, 9.17) is 5.11 Å². The van der Waals surface area contributed by atoms with Gasteiger partial charge in [0.1, 0.15) is 17.7 Å². The van der Waals surface area contributed by atoms with Crippen LogP contribution < -0.4 is 5.32 Å². The van der Waals surface area contributed by atoms with Crippen LogP contribution in [0, 0.1) is 17.0 Å². The van der Waals surface area contributed by atoms with Crippen molar-refractivity contribution in [1.29, 1.82) is 0 Å². The minimum absolute atomic E-state index is 0.0157. The van der Waals surface area contributed by atoms with Crippen LogP contribution in [0.5, 0.6) is 0 Å². The highest BCUT2D eigenvalue weighted by Crippen LogP contribution is 2.19. The molecule has 0 radical (unpaired) electrons. The van der Waals surface area contributed by atoms with Crippen molar-refractivity contribution >= 4 is 11.9 Å². The molecule has 1 amide bonds. The molecule has 0 saturated heterocycles. The number of nitrogens with one attached hydrogen (secondary N) is 1. The molecular weight excluding hydrogens is 268 g/mol. The van der Waals surface area contributed by atoms with E-state index in [-0.39, 0.29) is 12.0 Å². The maximum atomic E-state index is 13.4. The van der Waals surface area contributed by atoms with Crippen LogP contribution in [0.4, 0.5) is 8.78 Å². The van der Waals surface area contributed by atoms with Crippen molar-refractivity contribution in [3.63, 3.8) is 0 Å². The lowest BCUT2D eigenvalue weighted by atomic mass is 9.86. The SMILES string of the molecule is CC(C)(C)[C@@H](NC(=O)Cc1ccc(F)cc1F)C(=O)O. The van der Waals surface area contributed by atoms with Crippen LogP contribution in [-0.2, 0) is 16.0 Å². The highest BCUT2D eigenvalue weighted by Gasteiger charge is 2.32. The second-order valence-electron chi connectivity index (χ2n) is 5.62. The number of aliphatic carboxylic acids is 1. The molecular formula is C14H17F2NO3. The minimum Gasteiger partial charge on any atom is -0.480 e. The van der Waals surface area contributed by atoms with E-state index in [2.05, 4.69) is 5.32 Å². The second kappa shape index (κ2) is 5.98. The van der Waals surface area contributed by atoms with E-state index in [1.807, 2.05) is 0 Å². The van der Waals surface area contributed by atoms with Crippen LogP contribution in [0.3, 0.4) is 0 Å². The first kappa shape index (κ1) is 16.1. The quantitative estimate of drug-likeness (QED) is 0.890. The Morgan fingerprint density at radius 1 is 1.30 bits per heavy atom. The van der Waals surface area contributed by atoms with Gasteiger partial charge in [0.2, 0.25) is 5.91 Å². The topological polar surface area (TPSA) is 66.4 Å². The number of hydrogen-bond acceptors (Lipinski definition) is 2. The Morgan fingerprint density at radius 2 is 1.90 bits per heavy atom. The normalized spacial score (nSPS) is 12.8. The number of carboxylic acid groups (broad SMARTS) is 1. The number of carbonyl (C=O) groups excluding carboxylic acids is 1. The molecule has 6 heteroatoms. The molecule has 0 spiro atoms. The van der Waals surface area contributed by atoms with Gasteiger partial charge in [0, 0.05) is 6.07 Å². The van der Waals surface area contributed by atoms with Crippen LogP contribution >= 0.6 is 0 Å². The summed E-state index contributed by atoms with van der Waals surface area (Å²) in [4.78, 5) is 22.9. The second-order valence-corrected chi connectivity index (χ2v) is 5.62. The molecule has 0 aliphatic carbocycles. The molecule has 4 nitrogen and oxygen atoms in total. The largest absolute Gasteiger partial charge is 0.480 e. The molecule has 110 valence electrons. The molecule has 1 rings (SSSR count). The Bertz CT molecular complexity index is 524. The summed E-state index contributed by atoms with van der Waals surface area (Å²) in [5, 5.41) is 11.4. The zero-order valence-electron chi connectivity index (χ0n) is 11.5. The number of benzene rings is 1. The van der Waals surface area contributed by atoms with Gasteiger partial charge in [0.25, 0.3) is 0 Å². The van der Waals surface area contributed by atoms with Gasteiger partial charge in [0.15, 0.2) is 0 Å². The Hall–Kier alpha value is -1.98. The highest BCUT2D eigenvalue weighted by atomic mass is 19.1. The molecule has 0 bridgehead atoms. The van der Waals surface area contributed by atoms with E-state index >= 15 is 0 Å². The third kappa shape index (κ3) is 4.29. The molecule has 0 aliphatic rings. The molecule has 0 aromatic heterocycles. The fourth-order valence-electron chi connectivity index (χ4n) is 1.70. The summed E-state index contributed by atoms with van der Waals surface area (Å²) >= 11 is 0. The summed E-state index contributed by atoms with van der Waals surface area (Å²) in [6.45, 7) is 5.01. The molecule has 1 aromatic rings. The maximum absolute atomic E-state index is 13.4. The summed E-state index contributed by atoms with van der Waals surface area (Å²) < 4.78 is 26.1. The van der Waals surface area contributed by atoms with Crippen molar-refractivity contribution in [2.45, 2.75) is 33.2 Å². The minimum atomic E-state index is -1.16. The van der Waals surface area contributed by atoms with Gasteiger partial charge in [0.05, 0.1) is 6.42 Å². The number of carbonyl (C=O) groups is 2. The Morgan fingerprint density at radius 3 is 2.35 bits per heavy atom. The molecule has 0 heterocycles. The van der Waals surface area contributed by atoms with Crippen LogP contribution in [0.2, 0.25) is 0 Å². The predicted molar refractivity (Wildman–Crippen MR) is 69.1 cm³/mol. The highest BCUT2D eigenvalue weighted by molar-refractivity contribution is 5.85. The Balaban J connectivity index is 2.79. The average molecular weight is 285 g/mol. The summed E-state index contributed by atoms with van der Waals surface area (Å²) in [5.74, 6) is -3.35. The molecule has 0 aliphatic heterocycles. The first-order chi connectivity index (χ1) is 9.11. The fourth-order valence-corrected chi connectivity index (χ4v) is 1.70. The first-order valence-corrected chi connectivity index (χ1v) is 6.07. The number of carboxylic acids is 1. The van der Waals surface area contributed by atoms with Crippen LogP contribution in [0.1, 0.15) is 26.3 Å². The Labute approximate surface area is 115 Å². The molecule has 0 unspecified atom stereocenters. The van der Waals surface area contributed by atoms with Gasteiger partial charge in [-0.1, -0.05) is 26.8 Å². The summed E-state index contributed by atoms with van der Waals surface area (Å²) in [6, 6.07) is 1.81. The van der Waals surface area contributed by atoms with Crippen molar-refractivity contribution in [3.8, 4) is 0 Å². The van der Waals surface area contributed by atoms with Gasteiger partial charge >= 0.3 is 5.97 Å².